The third kappa shape index (κ3) is 3.85. The molecule has 3 aromatic rings. The minimum atomic E-state index is -0.217. The van der Waals surface area contributed by atoms with Crippen molar-refractivity contribution in [2.75, 3.05) is 14.2 Å². The Balaban J connectivity index is 1.71. The molecule has 0 aliphatic carbocycles. The van der Waals surface area contributed by atoms with Crippen LogP contribution in [0, 0.1) is 6.92 Å². The predicted molar refractivity (Wildman–Crippen MR) is 99.0 cm³/mol. The Labute approximate surface area is 152 Å². The van der Waals surface area contributed by atoms with Crippen molar-refractivity contribution in [1.82, 2.24) is 15.1 Å². The molecule has 26 heavy (non-hydrogen) atoms. The van der Waals surface area contributed by atoms with Crippen LogP contribution in [-0.2, 0) is 6.54 Å². The smallest absolute Gasteiger partial charge is 0.272 e. The largest absolute Gasteiger partial charge is 0.497 e. The van der Waals surface area contributed by atoms with Gasteiger partial charge in [0.1, 0.15) is 11.5 Å². The lowest BCUT2D eigenvalue weighted by atomic mass is 10.2. The van der Waals surface area contributed by atoms with Gasteiger partial charge in [-0.25, -0.2) is 4.68 Å². The zero-order valence-corrected chi connectivity index (χ0v) is 15.0. The van der Waals surface area contributed by atoms with Crippen molar-refractivity contribution < 1.29 is 14.3 Å². The molecule has 1 N–H and O–H groups in total. The molecule has 0 unspecified atom stereocenters. The quantitative estimate of drug-likeness (QED) is 0.741. The second-order valence-corrected chi connectivity index (χ2v) is 5.81. The molecule has 1 amide bonds. The van der Waals surface area contributed by atoms with Crippen LogP contribution in [0.5, 0.6) is 11.5 Å². The molecule has 3 rings (SSSR count). The van der Waals surface area contributed by atoms with Gasteiger partial charge in [0.05, 0.1) is 19.9 Å². The fourth-order valence-corrected chi connectivity index (χ4v) is 2.61. The zero-order valence-electron chi connectivity index (χ0n) is 15.0. The molecule has 1 heterocycles. The van der Waals surface area contributed by atoms with Gasteiger partial charge in [0, 0.05) is 18.3 Å². The van der Waals surface area contributed by atoms with Crippen LogP contribution in [0.2, 0.25) is 0 Å². The summed E-state index contributed by atoms with van der Waals surface area (Å²) in [6.07, 6.45) is 0. The molecule has 6 nitrogen and oxygen atoms in total. The molecule has 6 heteroatoms. The van der Waals surface area contributed by atoms with E-state index in [1.54, 1.807) is 25.0 Å². The number of aromatic nitrogens is 2. The average molecular weight is 351 g/mol. The van der Waals surface area contributed by atoms with Crippen molar-refractivity contribution in [2.24, 2.45) is 0 Å². The second-order valence-electron chi connectivity index (χ2n) is 5.81. The second kappa shape index (κ2) is 7.74. The molecule has 0 radical (unpaired) electrons. The Kier molecular flexibility index (Phi) is 5.22. The number of nitrogens with one attached hydrogen (secondary N) is 1. The summed E-state index contributed by atoms with van der Waals surface area (Å²) in [5.41, 5.74) is 3.07. The zero-order chi connectivity index (χ0) is 18.5. The molecule has 134 valence electrons. The number of amides is 1. The van der Waals surface area contributed by atoms with Crippen molar-refractivity contribution >= 4 is 5.91 Å². The summed E-state index contributed by atoms with van der Waals surface area (Å²) in [4.78, 5) is 12.4. The Morgan fingerprint density at radius 3 is 2.46 bits per heavy atom. The third-order valence-corrected chi connectivity index (χ3v) is 4.03. The van der Waals surface area contributed by atoms with Crippen molar-refractivity contribution in [3.8, 4) is 17.2 Å². The van der Waals surface area contributed by atoms with E-state index in [1.165, 1.54) is 0 Å². The maximum Gasteiger partial charge on any atom is 0.272 e. The van der Waals surface area contributed by atoms with Crippen LogP contribution in [0.3, 0.4) is 0 Å². The normalized spacial score (nSPS) is 10.4. The standard InChI is InChI=1S/C20H21N3O3/c1-14-11-19(22-23(14)16-5-4-6-18(12-16)26-3)20(24)21-13-15-7-9-17(25-2)10-8-15/h4-12H,13H2,1-3H3,(H,21,24). The first kappa shape index (κ1) is 17.5. The summed E-state index contributed by atoms with van der Waals surface area (Å²) in [5.74, 6) is 1.31. The van der Waals surface area contributed by atoms with E-state index in [2.05, 4.69) is 10.4 Å². The number of methoxy groups -OCH3 is 2. The van der Waals surface area contributed by atoms with Crippen LogP contribution < -0.4 is 14.8 Å². The summed E-state index contributed by atoms with van der Waals surface area (Å²) in [6.45, 7) is 2.33. The first-order valence-corrected chi connectivity index (χ1v) is 8.23. The molecule has 0 spiro atoms. The monoisotopic (exact) mass is 351 g/mol. The molecule has 0 saturated heterocycles. The van der Waals surface area contributed by atoms with E-state index < -0.39 is 0 Å². The molecule has 0 bridgehead atoms. The lowest BCUT2D eigenvalue weighted by Gasteiger charge is -2.06. The van der Waals surface area contributed by atoms with Gasteiger partial charge in [0.25, 0.3) is 5.91 Å². The van der Waals surface area contributed by atoms with Crippen LogP contribution in [0.1, 0.15) is 21.7 Å². The summed E-state index contributed by atoms with van der Waals surface area (Å²) >= 11 is 0. The number of hydrogen-bond donors (Lipinski definition) is 1. The van der Waals surface area contributed by atoms with E-state index in [4.69, 9.17) is 9.47 Å². The number of carbonyl (C=O) groups is 1. The Morgan fingerprint density at radius 1 is 1.04 bits per heavy atom. The van der Waals surface area contributed by atoms with Gasteiger partial charge in [0.2, 0.25) is 0 Å². The number of benzene rings is 2. The number of rotatable bonds is 6. The number of ether oxygens (including phenoxy) is 2. The number of aryl methyl sites for hydroxylation is 1. The Hall–Kier alpha value is -3.28. The van der Waals surface area contributed by atoms with Gasteiger partial charge in [0.15, 0.2) is 5.69 Å². The van der Waals surface area contributed by atoms with Crippen molar-refractivity contribution in [3.63, 3.8) is 0 Å². The summed E-state index contributed by atoms with van der Waals surface area (Å²) < 4.78 is 12.1. The van der Waals surface area contributed by atoms with E-state index in [-0.39, 0.29) is 5.91 Å². The Morgan fingerprint density at radius 2 is 1.77 bits per heavy atom. The highest BCUT2D eigenvalue weighted by atomic mass is 16.5. The SMILES string of the molecule is COc1ccc(CNC(=O)c2cc(C)n(-c3cccc(OC)c3)n2)cc1. The summed E-state index contributed by atoms with van der Waals surface area (Å²) in [5, 5.41) is 7.31. The molecule has 0 saturated carbocycles. The van der Waals surface area contributed by atoms with E-state index in [0.717, 1.165) is 28.4 Å². The van der Waals surface area contributed by atoms with Crippen LogP contribution in [-0.4, -0.2) is 29.9 Å². The molecular weight excluding hydrogens is 330 g/mol. The minimum absolute atomic E-state index is 0.217. The van der Waals surface area contributed by atoms with Gasteiger partial charge < -0.3 is 14.8 Å². The molecular formula is C20H21N3O3. The average Bonchev–Trinajstić information content (AvgIpc) is 3.08. The number of carbonyl (C=O) groups excluding carboxylic acids is 1. The van der Waals surface area contributed by atoms with Crippen LogP contribution in [0.15, 0.2) is 54.6 Å². The third-order valence-electron chi connectivity index (χ3n) is 4.03. The predicted octanol–water partition coefficient (Wildman–Crippen LogP) is 3.13. The van der Waals surface area contributed by atoms with Crippen molar-refractivity contribution in [2.45, 2.75) is 13.5 Å². The van der Waals surface area contributed by atoms with Gasteiger partial charge in [-0.15, -0.1) is 0 Å². The molecule has 2 aromatic carbocycles. The van der Waals surface area contributed by atoms with Crippen molar-refractivity contribution in [1.29, 1.82) is 0 Å². The van der Waals surface area contributed by atoms with Gasteiger partial charge in [-0.1, -0.05) is 18.2 Å². The molecule has 1 aromatic heterocycles. The van der Waals surface area contributed by atoms with E-state index in [9.17, 15) is 4.79 Å². The molecule has 0 fully saturated rings. The van der Waals surface area contributed by atoms with Crippen LogP contribution in [0.25, 0.3) is 5.69 Å². The minimum Gasteiger partial charge on any atom is -0.497 e. The van der Waals surface area contributed by atoms with Gasteiger partial charge >= 0.3 is 0 Å². The lowest BCUT2D eigenvalue weighted by Crippen LogP contribution is -2.23. The molecule has 0 atom stereocenters. The van der Waals surface area contributed by atoms with E-state index >= 15 is 0 Å². The highest BCUT2D eigenvalue weighted by Crippen LogP contribution is 2.18. The number of nitrogens with zero attached hydrogens (tertiary/aromatic N) is 2. The van der Waals surface area contributed by atoms with E-state index in [0.29, 0.717) is 12.2 Å². The van der Waals surface area contributed by atoms with Crippen molar-refractivity contribution in [3.05, 3.63) is 71.5 Å². The van der Waals surface area contributed by atoms with E-state index in [1.807, 2.05) is 55.5 Å². The van der Waals surface area contributed by atoms with Crippen LogP contribution in [0.4, 0.5) is 0 Å². The van der Waals surface area contributed by atoms with Crippen LogP contribution >= 0.6 is 0 Å². The first-order chi connectivity index (χ1) is 12.6. The lowest BCUT2D eigenvalue weighted by molar-refractivity contribution is 0.0945. The topological polar surface area (TPSA) is 65.4 Å². The molecule has 0 aliphatic rings. The van der Waals surface area contributed by atoms with Gasteiger partial charge in [-0.3, -0.25) is 4.79 Å². The Bertz CT molecular complexity index is 901. The fraction of sp³-hybridized carbons (Fsp3) is 0.200. The maximum atomic E-state index is 12.4. The highest BCUT2D eigenvalue weighted by molar-refractivity contribution is 5.92. The highest BCUT2D eigenvalue weighted by Gasteiger charge is 2.13. The van der Waals surface area contributed by atoms with Gasteiger partial charge in [-0.05, 0) is 42.8 Å². The summed E-state index contributed by atoms with van der Waals surface area (Å²) in [7, 11) is 3.24. The first-order valence-electron chi connectivity index (χ1n) is 8.23. The fourth-order valence-electron chi connectivity index (χ4n) is 2.61. The maximum absolute atomic E-state index is 12.4. The molecule has 0 aliphatic heterocycles. The van der Waals surface area contributed by atoms with Gasteiger partial charge in [-0.2, -0.15) is 5.10 Å². The summed E-state index contributed by atoms with van der Waals surface area (Å²) in [6, 6.07) is 16.9. The number of hydrogen-bond acceptors (Lipinski definition) is 4.